The normalized spacial score (nSPS) is 11.0. The number of benzene rings is 3. The van der Waals surface area contributed by atoms with Crippen molar-refractivity contribution in [3.63, 3.8) is 0 Å². The van der Waals surface area contributed by atoms with Crippen molar-refractivity contribution < 1.29 is 4.39 Å². The molecule has 140 valence electrons. The number of hydrogen-bond donors (Lipinski definition) is 0. The first kappa shape index (κ1) is 18.7. The highest BCUT2D eigenvalue weighted by Gasteiger charge is 2.16. The van der Waals surface area contributed by atoms with Crippen molar-refractivity contribution in [2.75, 3.05) is 0 Å². The molecule has 6 heteroatoms. The highest BCUT2D eigenvalue weighted by atomic mass is 35.5. The van der Waals surface area contributed by atoms with Gasteiger partial charge in [0, 0.05) is 22.0 Å². The molecule has 0 aliphatic heterocycles. The van der Waals surface area contributed by atoms with Gasteiger partial charge in [-0.1, -0.05) is 47.6 Å². The Kier molecular flexibility index (Phi) is 5.46. The zero-order valence-electron chi connectivity index (χ0n) is 15.1. The molecule has 28 heavy (non-hydrogen) atoms. The average molecular weight is 410 g/mol. The van der Waals surface area contributed by atoms with Crippen molar-refractivity contribution in [3.05, 3.63) is 94.8 Å². The number of aromatic nitrogens is 3. The summed E-state index contributed by atoms with van der Waals surface area (Å²) >= 11 is 7.68. The largest absolute Gasteiger partial charge is 0.270 e. The van der Waals surface area contributed by atoms with E-state index >= 15 is 0 Å². The molecule has 0 saturated heterocycles. The molecule has 0 aliphatic carbocycles. The maximum absolute atomic E-state index is 13.4. The highest BCUT2D eigenvalue weighted by Crippen LogP contribution is 2.30. The Balaban J connectivity index is 1.74. The van der Waals surface area contributed by atoms with Gasteiger partial charge in [-0.3, -0.25) is 4.57 Å². The summed E-state index contributed by atoms with van der Waals surface area (Å²) in [4.78, 5) is 0. The summed E-state index contributed by atoms with van der Waals surface area (Å²) in [6, 6.07) is 22.2. The Hall–Kier alpha value is -2.63. The van der Waals surface area contributed by atoms with Crippen LogP contribution in [0.4, 0.5) is 4.39 Å². The summed E-state index contributed by atoms with van der Waals surface area (Å²) in [6.45, 7) is 2.05. The van der Waals surface area contributed by atoms with Gasteiger partial charge in [-0.25, -0.2) is 4.39 Å². The van der Waals surface area contributed by atoms with Crippen LogP contribution in [0.15, 0.2) is 78.0 Å². The molecule has 0 atom stereocenters. The molecule has 0 saturated carbocycles. The van der Waals surface area contributed by atoms with E-state index in [2.05, 4.69) is 16.3 Å². The van der Waals surface area contributed by atoms with Gasteiger partial charge in [0.25, 0.3) is 0 Å². The summed E-state index contributed by atoms with van der Waals surface area (Å²) in [6.07, 6.45) is 0. The van der Waals surface area contributed by atoms with E-state index < -0.39 is 0 Å². The second-order valence-corrected chi connectivity index (χ2v) is 7.79. The predicted octanol–water partition coefficient (Wildman–Crippen LogP) is 6.33. The number of hydrogen-bond acceptors (Lipinski definition) is 3. The Morgan fingerprint density at radius 2 is 1.75 bits per heavy atom. The van der Waals surface area contributed by atoms with Gasteiger partial charge in [-0.15, -0.1) is 10.2 Å². The smallest absolute Gasteiger partial charge is 0.196 e. The molecule has 1 heterocycles. The molecular weight excluding hydrogens is 393 g/mol. The van der Waals surface area contributed by atoms with E-state index in [1.807, 2.05) is 54.0 Å². The van der Waals surface area contributed by atoms with Gasteiger partial charge in [0.15, 0.2) is 11.0 Å². The number of thioether (sulfide) groups is 1. The standard InChI is InChI=1S/C22H17ClFN3S/c1-15-4-2-7-20(12-15)27-21(17-8-10-19(24)11-9-17)25-26-22(27)28-14-16-5-3-6-18(23)13-16/h2-13H,14H2,1H3. The van der Waals surface area contributed by atoms with Crippen molar-refractivity contribution in [2.45, 2.75) is 17.8 Å². The average Bonchev–Trinajstić information content (AvgIpc) is 3.11. The van der Waals surface area contributed by atoms with Crippen LogP contribution in [0.25, 0.3) is 17.1 Å². The van der Waals surface area contributed by atoms with Crippen LogP contribution in [0.3, 0.4) is 0 Å². The van der Waals surface area contributed by atoms with Crippen LogP contribution < -0.4 is 0 Å². The molecule has 0 bridgehead atoms. The monoisotopic (exact) mass is 409 g/mol. The van der Waals surface area contributed by atoms with Gasteiger partial charge in [0.1, 0.15) is 5.82 Å². The molecule has 0 amide bonds. The van der Waals surface area contributed by atoms with Gasteiger partial charge in [0.2, 0.25) is 0 Å². The molecule has 1 aromatic heterocycles. The number of rotatable bonds is 5. The van der Waals surface area contributed by atoms with Crippen LogP contribution in [0.5, 0.6) is 0 Å². The van der Waals surface area contributed by atoms with Gasteiger partial charge < -0.3 is 0 Å². The Bertz CT molecular complexity index is 1110. The lowest BCUT2D eigenvalue weighted by atomic mass is 10.2. The number of aryl methyl sites for hydroxylation is 1. The predicted molar refractivity (Wildman–Crippen MR) is 113 cm³/mol. The second kappa shape index (κ2) is 8.17. The highest BCUT2D eigenvalue weighted by molar-refractivity contribution is 7.98. The fourth-order valence-corrected chi connectivity index (χ4v) is 4.03. The molecule has 0 radical (unpaired) electrons. The summed E-state index contributed by atoms with van der Waals surface area (Å²) in [5, 5.41) is 10.3. The maximum Gasteiger partial charge on any atom is 0.196 e. The first-order valence-electron chi connectivity index (χ1n) is 8.76. The number of nitrogens with zero attached hydrogens (tertiary/aromatic N) is 3. The van der Waals surface area contributed by atoms with Crippen LogP contribution in [0, 0.1) is 12.7 Å². The van der Waals surface area contributed by atoms with Crippen LogP contribution in [0.2, 0.25) is 5.02 Å². The third-order valence-corrected chi connectivity index (χ3v) is 5.49. The molecule has 3 aromatic carbocycles. The summed E-state index contributed by atoms with van der Waals surface area (Å²) in [7, 11) is 0. The third kappa shape index (κ3) is 4.11. The van der Waals surface area contributed by atoms with E-state index in [1.165, 1.54) is 12.1 Å². The first-order valence-corrected chi connectivity index (χ1v) is 10.1. The van der Waals surface area contributed by atoms with Gasteiger partial charge in [-0.05, 0) is 66.6 Å². The molecule has 0 fully saturated rings. The Morgan fingerprint density at radius 3 is 2.50 bits per heavy atom. The van der Waals surface area contributed by atoms with Crippen LogP contribution >= 0.6 is 23.4 Å². The quantitative estimate of drug-likeness (QED) is 0.361. The fourth-order valence-electron chi connectivity index (χ4n) is 2.92. The minimum atomic E-state index is -0.277. The summed E-state index contributed by atoms with van der Waals surface area (Å²) in [5.41, 5.74) is 4.03. The van der Waals surface area contributed by atoms with Crippen molar-refractivity contribution in [2.24, 2.45) is 0 Å². The van der Waals surface area contributed by atoms with E-state index in [9.17, 15) is 4.39 Å². The Morgan fingerprint density at radius 1 is 0.964 bits per heavy atom. The van der Waals surface area contributed by atoms with Gasteiger partial charge >= 0.3 is 0 Å². The minimum Gasteiger partial charge on any atom is -0.270 e. The molecular formula is C22H17ClFN3S. The van der Waals surface area contributed by atoms with Crippen LogP contribution in [-0.2, 0) is 5.75 Å². The van der Waals surface area contributed by atoms with E-state index in [1.54, 1.807) is 23.9 Å². The summed E-state index contributed by atoms with van der Waals surface area (Å²) in [5.74, 6) is 1.12. The number of halogens is 2. The maximum atomic E-state index is 13.4. The van der Waals surface area contributed by atoms with Crippen molar-refractivity contribution in [1.82, 2.24) is 14.8 Å². The Labute approximate surface area is 172 Å². The molecule has 4 rings (SSSR count). The van der Waals surface area contributed by atoms with Crippen molar-refractivity contribution >= 4 is 23.4 Å². The lowest BCUT2D eigenvalue weighted by molar-refractivity contribution is 0.628. The molecule has 0 unspecified atom stereocenters. The van der Waals surface area contributed by atoms with Crippen molar-refractivity contribution in [1.29, 1.82) is 0 Å². The zero-order chi connectivity index (χ0) is 19.5. The topological polar surface area (TPSA) is 30.7 Å². The second-order valence-electron chi connectivity index (χ2n) is 6.41. The molecule has 0 aliphatic rings. The molecule has 3 nitrogen and oxygen atoms in total. The first-order chi connectivity index (χ1) is 13.6. The lowest BCUT2D eigenvalue weighted by Gasteiger charge is -2.11. The fraction of sp³-hybridized carbons (Fsp3) is 0.0909. The third-order valence-electron chi connectivity index (χ3n) is 4.25. The SMILES string of the molecule is Cc1cccc(-n2c(SCc3cccc(Cl)c3)nnc2-c2ccc(F)cc2)c1. The van der Waals surface area contributed by atoms with Gasteiger partial charge in [0.05, 0.1) is 0 Å². The van der Waals surface area contributed by atoms with E-state index in [-0.39, 0.29) is 5.82 Å². The van der Waals surface area contributed by atoms with E-state index in [4.69, 9.17) is 11.6 Å². The van der Waals surface area contributed by atoms with E-state index in [0.717, 1.165) is 27.5 Å². The molecule has 4 aromatic rings. The summed E-state index contributed by atoms with van der Waals surface area (Å²) < 4.78 is 15.4. The molecule has 0 spiro atoms. The van der Waals surface area contributed by atoms with Crippen LogP contribution in [-0.4, -0.2) is 14.8 Å². The molecule has 0 N–H and O–H groups in total. The minimum absolute atomic E-state index is 0.277. The zero-order valence-corrected chi connectivity index (χ0v) is 16.7. The lowest BCUT2D eigenvalue weighted by Crippen LogP contribution is -2.00. The van der Waals surface area contributed by atoms with Crippen LogP contribution in [0.1, 0.15) is 11.1 Å². The van der Waals surface area contributed by atoms with Gasteiger partial charge in [-0.2, -0.15) is 0 Å². The van der Waals surface area contributed by atoms with Crippen molar-refractivity contribution in [3.8, 4) is 17.1 Å². The van der Waals surface area contributed by atoms with E-state index in [0.29, 0.717) is 16.6 Å².